The van der Waals surface area contributed by atoms with Crippen LogP contribution in [-0.4, -0.2) is 26.3 Å². The largest absolute Gasteiger partial charge is 0.381 e. The quantitative estimate of drug-likeness (QED) is 0.813. The SMILES string of the molecule is CO[C@@H]1CCNC[C@H]1Cc1ccccc1. The highest BCUT2D eigenvalue weighted by atomic mass is 16.5. The number of hydrogen-bond acceptors (Lipinski definition) is 2. The van der Waals surface area contributed by atoms with Crippen molar-refractivity contribution in [2.75, 3.05) is 20.2 Å². The van der Waals surface area contributed by atoms with E-state index in [4.69, 9.17) is 4.74 Å². The van der Waals surface area contributed by atoms with E-state index in [0.29, 0.717) is 12.0 Å². The first-order valence-corrected chi connectivity index (χ1v) is 5.67. The summed E-state index contributed by atoms with van der Waals surface area (Å²) >= 11 is 0. The number of hydrogen-bond donors (Lipinski definition) is 1. The van der Waals surface area contributed by atoms with Gasteiger partial charge in [0.1, 0.15) is 0 Å². The Kier molecular flexibility index (Phi) is 3.75. The van der Waals surface area contributed by atoms with E-state index >= 15 is 0 Å². The van der Waals surface area contributed by atoms with E-state index in [1.54, 1.807) is 0 Å². The molecule has 1 saturated heterocycles. The summed E-state index contributed by atoms with van der Waals surface area (Å²) < 4.78 is 5.54. The molecule has 2 heteroatoms. The van der Waals surface area contributed by atoms with Crippen LogP contribution in [0, 0.1) is 5.92 Å². The maximum absolute atomic E-state index is 5.54. The molecule has 2 nitrogen and oxygen atoms in total. The molecule has 1 aromatic carbocycles. The van der Waals surface area contributed by atoms with Crippen LogP contribution in [0.2, 0.25) is 0 Å². The number of methoxy groups -OCH3 is 1. The monoisotopic (exact) mass is 205 g/mol. The van der Waals surface area contributed by atoms with Gasteiger partial charge in [0.25, 0.3) is 0 Å². The van der Waals surface area contributed by atoms with Crippen LogP contribution < -0.4 is 5.32 Å². The molecular weight excluding hydrogens is 186 g/mol. The molecule has 1 aliphatic heterocycles. The van der Waals surface area contributed by atoms with Crippen molar-refractivity contribution in [1.82, 2.24) is 5.32 Å². The lowest BCUT2D eigenvalue weighted by Gasteiger charge is -2.31. The van der Waals surface area contributed by atoms with E-state index in [9.17, 15) is 0 Å². The summed E-state index contributed by atoms with van der Waals surface area (Å²) in [7, 11) is 1.83. The molecule has 0 spiro atoms. The third-order valence-corrected chi connectivity index (χ3v) is 3.18. The fourth-order valence-corrected chi connectivity index (χ4v) is 2.33. The Balaban J connectivity index is 1.97. The van der Waals surface area contributed by atoms with Crippen molar-refractivity contribution in [3.63, 3.8) is 0 Å². The topological polar surface area (TPSA) is 21.3 Å². The van der Waals surface area contributed by atoms with Gasteiger partial charge in [-0.05, 0) is 24.9 Å². The van der Waals surface area contributed by atoms with Crippen LogP contribution in [0.3, 0.4) is 0 Å². The van der Waals surface area contributed by atoms with Crippen LogP contribution in [0.15, 0.2) is 30.3 Å². The van der Waals surface area contributed by atoms with E-state index in [0.717, 1.165) is 25.9 Å². The standard InChI is InChI=1S/C13H19NO/c1-15-13-7-8-14-10-12(13)9-11-5-3-2-4-6-11/h2-6,12-14H,7-10H2,1H3/t12-,13-/m1/s1. The minimum Gasteiger partial charge on any atom is -0.381 e. The summed E-state index contributed by atoms with van der Waals surface area (Å²) in [5, 5.41) is 3.44. The molecule has 0 bridgehead atoms. The molecular formula is C13H19NO. The number of piperidine rings is 1. The number of rotatable bonds is 3. The zero-order chi connectivity index (χ0) is 10.5. The van der Waals surface area contributed by atoms with Gasteiger partial charge in [-0.25, -0.2) is 0 Å². The second-order valence-electron chi connectivity index (χ2n) is 4.22. The Hall–Kier alpha value is -0.860. The van der Waals surface area contributed by atoms with Gasteiger partial charge in [-0.2, -0.15) is 0 Å². The predicted molar refractivity (Wildman–Crippen MR) is 61.9 cm³/mol. The van der Waals surface area contributed by atoms with Gasteiger partial charge < -0.3 is 10.1 Å². The molecule has 0 unspecified atom stereocenters. The minimum absolute atomic E-state index is 0.423. The summed E-state index contributed by atoms with van der Waals surface area (Å²) in [6.07, 6.45) is 2.67. The Morgan fingerprint density at radius 2 is 2.13 bits per heavy atom. The highest BCUT2D eigenvalue weighted by Gasteiger charge is 2.24. The Morgan fingerprint density at radius 1 is 1.33 bits per heavy atom. The fraction of sp³-hybridized carbons (Fsp3) is 0.538. The van der Waals surface area contributed by atoms with Crippen LogP contribution in [0.5, 0.6) is 0 Å². The van der Waals surface area contributed by atoms with Crippen molar-refractivity contribution >= 4 is 0 Å². The maximum Gasteiger partial charge on any atom is 0.0626 e. The molecule has 0 amide bonds. The van der Waals surface area contributed by atoms with Crippen LogP contribution in [0.1, 0.15) is 12.0 Å². The normalized spacial score (nSPS) is 26.5. The Labute approximate surface area is 91.6 Å². The molecule has 1 aliphatic rings. The second-order valence-corrected chi connectivity index (χ2v) is 4.22. The van der Waals surface area contributed by atoms with Crippen molar-refractivity contribution in [2.45, 2.75) is 18.9 Å². The van der Waals surface area contributed by atoms with Crippen LogP contribution >= 0.6 is 0 Å². The Bertz CT molecular complexity index is 286. The maximum atomic E-state index is 5.54. The van der Waals surface area contributed by atoms with Crippen molar-refractivity contribution in [3.8, 4) is 0 Å². The van der Waals surface area contributed by atoms with E-state index < -0.39 is 0 Å². The lowest BCUT2D eigenvalue weighted by Crippen LogP contribution is -2.41. The highest BCUT2D eigenvalue weighted by molar-refractivity contribution is 5.15. The van der Waals surface area contributed by atoms with Crippen molar-refractivity contribution < 1.29 is 4.74 Å². The average Bonchev–Trinajstić information content (AvgIpc) is 2.31. The van der Waals surface area contributed by atoms with Crippen molar-refractivity contribution in [2.24, 2.45) is 5.92 Å². The molecule has 82 valence electrons. The van der Waals surface area contributed by atoms with Gasteiger partial charge in [0.05, 0.1) is 6.10 Å². The summed E-state index contributed by atoms with van der Waals surface area (Å²) in [5.41, 5.74) is 1.41. The van der Waals surface area contributed by atoms with E-state index in [1.165, 1.54) is 5.56 Å². The smallest absolute Gasteiger partial charge is 0.0626 e. The molecule has 0 saturated carbocycles. The van der Waals surface area contributed by atoms with Gasteiger partial charge in [-0.3, -0.25) is 0 Å². The molecule has 1 heterocycles. The van der Waals surface area contributed by atoms with Crippen LogP contribution in [0.4, 0.5) is 0 Å². The fourth-order valence-electron chi connectivity index (χ4n) is 2.33. The zero-order valence-electron chi connectivity index (χ0n) is 9.28. The lowest BCUT2D eigenvalue weighted by molar-refractivity contribution is 0.0311. The summed E-state index contributed by atoms with van der Waals surface area (Å²) in [5.74, 6) is 0.617. The van der Waals surface area contributed by atoms with E-state index in [2.05, 4.69) is 35.6 Å². The van der Waals surface area contributed by atoms with Gasteiger partial charge in [-0.1, -0.05) is 30.3 Å². The van der Waals surface area contributed by atoms with Gasteiger partial charge in [0.15, 0.2) is 0 Å². The molecule has 2 rings (SSSR count). The summed E-state index contributed by atoms with van der Waals surface area (Å²) in [4.78, 5) is 0. The molecule has 0 radical (unpaired) electrons. The molecule has 1 aromatic rings. The van der Waals surface area contributed by atoms with E-state index in [1.807, 2.05) is 7.11 Å². The van der Waals surface area contributed by atoms with Crippen LogP contribution in [-0.2, 0) is 11.2 Å². The molecule has 0 aromatic heterocycles. The van der Waals surface area contributed by atoms with E-state index in [-0.39, 0.29) is 0 Å². The van der Waals surface area contributed by atoms with Crippen molar-refractivity contribution in [3.05, 3.63) is 35.9 Å². The third-order valence-electron chi connectivity index (χ3n) is 3.18. The summed E-state index contributed by atoms with van der Waals surface area (Å²) in [6, 6.07) is 10.7. The first-order chi connectivity index (χ1) is 7.40. The average molecular weight is 205 g/mol. The number of ether oxygens (including phenoxy) is 1. The Morgan fingerprint density at radius 3 is 2.87 bits per heavy atom. The summed E-state index contributed by atoms with van der Waals surface area (Å²) in [6.45, 7) is 2.16. The minimum atomic E-state index is 0.423. The molecule has 2 atom stereocenters. The first-order valence-electron chi connectivity index (χ1n) is 5.67. The van der Waals surface area contributed by atoms with Crippen molar-refractivity contribution in [1.29, 1.82) is 0 Å². The molecule has 1 N–H and O–H groups in total. The zero-order valence-corrected chi connectivity index (χ0v) is 9.28. The van der Waals surface area contributed by atoms with Gasteiger partial charge in [0.2, 0.25) is 0 Å². The molecule has 0 aliphatic carbocycles. The van der Waals surface area contributed by atoms with Gasteiger partial charge in [0, 0.05) is 19.6 Å². The first kappa shape index (κ1) is 10.7. The number of benzene rings is 1. The van der Waals surface area contributed by atoms with Crippen LogP contribution in [0.25, 0.3) is 0 Å². The van der Waals surface area contributed by atoms with Gasteiger partial charge >= 0.3 is 0 Å². The second kappa shape index (κ2) is 5.29. The third kappa shape index (κ3) is 2.80. The molecule has 1 fully saturated rings. The lowest BCUT2D eigenvalue weighted by atomic mass is 9.89. The predicted octanol–water partition coefficient (Wildman–Crippen LogP) is 1.85. The molecule has 15 heavy (non-hydrogen) atoms. The number of nitrogens with one attached hydrogen (secondary N) is 1. The highest BCUT2D eigenvalue weighted by Crippen LogP contribution is 2.19. The van der Waals surface area contributed by atoms with Gasteiger partial charge in [-0.15, -0.1) is 0 Å².